The second-order valence-electron chi connectivity index (χ2n) is 3.88. The molecule has 0 radical (unpaired) electrons. The Kier molecular flexibility index (Phi) is 1.92. The Morgan fingerprint density at radius 2 is 2.09 bits per heavy atom. The van der Waals surface area contributed by atoms with Crippen LogP contribution in [0.15, 0.2) is 0 Å². The van der Waals surface area contributed by atoms with Crippen LogP contribution in [0.4, 0.5) is 0 Å². The second kappa shape index (κ2) is 2.48. The normalized spacial score (nSPS) is 23.4. The van der Waals surface area contributed by atoms with Gasteiger partial charge >= 0.3 is 0 Å². The zero-order valence-electron chi connectivity index (χ0n) is 7.55. The van der Waals surface area contributed by atoms with Gasteiger partial charge in [0.15, 0.2) is 0 Å². The van der Waals surface area contributed by atoms with Crippen LogP contribution >= 0.6 is 0 Å². The van der Waals surface area contributed by atoms with Crippen molar-refractivity contribution in [3.63, 3.8) is 0 Å². The van der Waals surface area contributed by atoms with Crippen LogP contribution < -0.4 is 0 Å². The maximum atomic E-state index is 11.5. The fraction of sp³-hybridized carbons (Fsp3) is 0.875. The molecule has 0 aromatic rings. The van der Waals surface area contributed by atoms with Gasteiger partial charge in [-0.05, 0) is 27.7 Å². The fourth-order valence-corrected chi connectivity index (χ4v) is 1.03. The summed E-state index contributed by atoms with van der Waals surface area (Å²) in [6.07, 6.45) is 0. The summed E-state index contributed by atoms with van der Waals surface area (Å²) in [5.41, 5.74) is -0.329. The molecule has 0 aromatic heterocycles. The van der Waals surface area contributed by atoms with Gasteiger partial charge in [0.2, 0.25) is 0 Å². The standard InChI is InChI=1S/C8H15NO2/c1-6(2)9-7(10)8(3,4)5-11-9/h6H,5H2,1-4H3. The largest absolute Gasteiger partial charge is 0.272 e. The van der Waals surface area contributed by atoms with Crippen molar-refractivity contribution in [3.8, 4) is 0 Å². The predicted molar refractivity (Wildman–Crippen MR) is 41.7 cm³/mol. The van der Waals surface area contributed by atoms with Crippen LogP contribution in [0.2, 0.25) is 0 Å². The second-order valence-corrected chi connectivity index (χ2v) is 3.88. The molecule has 3 heteroatoms. The zero-order chi connectivity index (χ0) is 8.65. The summed E-state index contributed by atoms with van der Waals surface area (Å²) < 4.78 is 0. The van der Waals surface area contributed by atoms with Gasteiger partial charge in [-0.3, -0.25) is 9.63 Å². The average molecular weight is 157 g/mol. The lowest BCUT2D eigenvalue weighted by Gasteiger charge is -2.19. The molecular formula is C8H15NO2. The van der Waals surface area contributed by atoms with Crippen LogP contribution in [-0.2, 0) is 9.63 Å². The van der Waals surface area contributed by atoms with Gasteiger partial charge in [0, 0.05) is 0 Å². The molecule has 0 atom stereocenters. The molecule has 1 aliphatic heterocycles. The highest BCUT2D eigenvalue weighted by Crippen LogP contribution is 2.27. The summed E-state index contributed by atoms with van der Waals surface area (Å²) in [6.45, 7) is 8.19. The van der Waals surface area contributed by atoms with Crippen molar-refractivity contribution in [3.05, 3.63) is 0 Å². The molecule has 1 fully saturated rings. The van der Waals surface area contributed by atoms with E-state index in [2.05, 4.69) is 0 Å². The summed E-state index contributed by atoms with van der Waals surface area (Å²) in [7, 11) is 0. The number of carbonyl (C=O) groups excluding carboxylic acids is 1. The van der Waals surface area contributed by atoms with E-state index < -0.39 is 0 Å². The number of hydroxylamine groups is 2. The third-order valence-electron chi connectivity index (χ3n) is 1.81. The topological polar surface area (TPSA) is 29.5 Å². The average Bonchev–Trinajstić information content (AvgIpc) is 2.09. The summed E-state index contributed by atoms with van der Waals surface area (Å²) in [4.78, 5) is 16.7. The van der Waals surface area contributed by atoms with Crippen molar-refractivity contribution < 1.29 is 9.63 Å². The van der Waals surface area contributed by atoms with E-state index in [0.29, 0.717) is 6.61 Å². The van der Waals surface area contributed by atoms with Crippen molar-refractivity contribution in [1.82, 2.24) is 5.06 Å². The van der Waals surface area contributed by atoms with Crippen molar-refractivity contribution >= 4 is 5.91 Å². The first-order chi connectivity index (χ1) is 4.95. The van der Waals surface area contributed by atoms with E-state index in [1.54, 1.807) is 0 Å². The maximum Gasteiger partial charge on any atom is 0.254 e. The SMILES string of the molecule is CC(C)N1OCC(C)(C)C1=O. The molecule has 0 saturated carbocycles. The maximum absolute atomic E-state index is 11.5. The molecule has 0 unspecified atom stereocenters. The number of hydrogen-bond donors (Lipinski definition) is 0. The molecule has 1 saturated heterocycles. The predicted octanol–water partition coefficient (Wildman–Crippen LogP) is 1.19. The Morgan fingerprint density at radius 1 is 1.55 bits per heavy atom. The van der Waals surface area contributed by atoms with E-state index in [-0.39, 0.29) is 17.4 Å². The molecule has 0 N–H and O–H groups in total. The zero-order valence-corrected chi connectivity index (χ0v) is 7.55. The molecule has 1 aliphatic rings. The fourth-order valence-electron chi connectivity index (χ4n) is 1.03. The minimum absolute atomic E-state index is 0.0903. The highest BCUT2D eigenvalue weighted by molar-refractivity contribution is 5.82. The smallest absolute Gasteiger partial charge is 0.254 e. The minimum Gasteiger partial charge on any atom is -0.272 e. The minimum atomic E-state index is -0.329. The van der Waals surface area contributed by atoms with Gasteiger partial charge in [-0.25, -0.2) is 5.06 Å². The molecule has 0 aromatic carbocycles. The number of rotatable bonds is 1. The van der Waals surface area contributed by atoms with E-state index in [9.17, 15) is 4.79 Å². The van der Waals surface area contributed by atoms with Gasteiger partial charge < -0.3 is 0 Å². The van der Waals surface area contributed by atoms with Crippen LogP contribution in [0.25, 0.3) is 0 Å². The van der Waals surface area contributed by atoms with Crippen molar-refractivity contribution in [1.29, 1.82) is 0 Å². The molecule has 1 amide bonds. The summed E-state index contributed by atoms with van der Waals surface area (Å²) in [5.74, 6) is 0.0903. The third kappa shape index (κ3) is 1.38. The molecule has 0 spiro atoms. The first-order valence-corrected chi connectivity index (χ1v) is 3.92. The van der Waals surface area contributed by atoms with Crippen LogP contribution in [0.5, 0.6) is 0 Å². The Labute approximate surface area is 67.3 Å². The van der Waals surface area contributed by atoms with Crippen molar-refractivity contribution in [2.24, 2.45) is 5.41 Å². The monoisotopic (exact) mass is 157 g/mol. The quantitative estimate of drug-likeness (QED) is 0.572. The van der Waals surface area contributed by atoms with Gasteiger partial charge in [0.05, 0.1) is 18.1 Å². The lowest BCUT2D eigenvalue weighted by molar-refractivity contribution is -0.170. The number of hydrogen-bond acceptors (Lipinski definition) is 2. The lowest BCUT2D eigenvalue weighted by atomic mass is 9.95. The van der Waals surface area contributed by atoms with Crippen LogP contribution in [0.3, 0.4) is 0 Å². The van der Waals surface area contributed by atoms with Gasteiger partial charge in [-0.2, -0.15) is 0 Å². The van der Waals surface area contributed by atoms with Gasteiger partial charge in [-0.15, -0.1) is 0 Å². The Balaban J connectivity index is 2.71. The molecule has 0 aliphatic carbocycles. The van der Waals surface area contributed by atoms with Crippen LogP contribution in [0.1, 0.15) is 27.7 Å². The van der Waals surface area contributed by atoms with Crippen molar-refractivity contribution in [2.75, 3.05) is 6.61 Å². The summed E-state index contributed by atoms with van der Waals surface area (Å²) in [6, 6.07) is 0.143. The highest BCUT2D eigenvalue weighted by atomic mass is 16.7. The highest BCUT2D eigenvalue weighted by Gasteiger charge is 2.41. The molecule has 0 bridgehead atoms. The van der Waals surface area contributed by atoms with Gasteiger partial charge in [-0.1, -0.05) is 0 Å². The van der Waals surface area contributed by atoms with E-state index in [1.165, 1.54) is 5.06 Å². The number of nitrogens with zero attached hydrogens (tertiary/aromatic N) is 1. The number of amides is 1. The van der Waals surface area contributed by atoms with Crippen LogP contribution in [-0.4, -0.2) is 23.6 Å². The van der Waals surface area contributed by atoms with Crippen molar-refractivity contribution in [2.45, 2.75) is 33.7 Å². The summed E-state index contributed by atoms with van der Waals surface area (Å²) in [5, 5.41) is 1.46. The lowest BCUT2D eigenvalue weighted by Crippen LogP contribution is -2.35. The third-order valence-corrected chi connectivity index (χ3v) is 1.81. The number of carbonyl (C=O) groups is 1. The van der Waals surface area contributed by atoms with Gasteiger partial charge in [0.1, 0.15) is 0 Å². The first kappa shape index (κ1) is 8.53. The molecule has 3 nitrogen and oxygen atoms in total. The Morgan fingerprint density at radius 3 is 2.27 bits per heavy atom. The molecular weight excluding hydrogens is 142 g/mol. The van der Waals surface area contributed by atoms with E-state index in [0.717, 1.165) is 0 Å². The van der Waals surface area contributed by atoms with E-state index in [4.69, 9.17) is 4.84 Å². The van der Waals surface area contributed by atoms with Crippen LogP contribution in [0, 0.1) is 5.41 Å². The van der Waals surface area contributed by atoms with E-state index >= 15 is 0 Å². The molecule has 1 rings (SSSR count). The van der Waals surface area contributed by atoms with Gasteiger partial charge in [0.25, 0.3) is 5.91 Å². The van der Waals surface area contributed by atoms with E-state index in [1.807, 2.05) is 27.7 Å². The molecule has 11 heavy (non-hydrogen) atoms. The summed E-state index contributed by atoms with van der Waals surface area (Å²) >= 11 is 0. The Bertz CT molecular complexity index is 175. The Hall–Kier alpha value is -0.570. The first-order valence-electron chi connectivity index (χ1n) is 3.92. The molecule has 1 heterocycles. The molecule has 64 valence electrons.